The van der Waals surface area contributed by atoms with Gasteiger partial charge in [0.2, 0.25) is 0 Å². The second kappa shape index (κ2) is 6.95. The zero-order valence-electron chi connectivity index (χ0n) is 16.3. The van der Waals surface area contributed by atoms with E-state index in [9.17, 15) is 0 Å². The lowest BCUT2D eigenvalue weighted by molar-refractivity contribution is 0.415. The molecule has 5 aromatic rings. The van der Waals surface area contributed by atoms with E-state index < -0.39 is 0 Å². The fraction of sp³-hybridized carbons (Fsp3) is 0.0833. The van der Waals surface area contributed by atoms with Gasteiger partial charge in [0, 0.05) is 42.2 Å². The summed E-state index contributed by atoms with van der Waals surface area (Å²) in [7, 11) is 3.76. The Bertz CT molecular complexity index is 1270. The van der Waals surface area contributed by atoms with E-state index in [1.54, 1.807) is 7.11 Å². The van der Waals surface area contributed by atoms with Crippen LogP contribution in [-0.2, 0) is 7.05 Å². The number of aryl methyl sites for hydroxylation is 1. The summed E-state index contributed by atoms with van der Waals surface area (Å²) >= 11 is 0. The highest BCUT2D eigenvalue weighted by atomic mass is 16.5. The average molecular weight is 380 g/mol. The fourth-order valence-electron chi connectivity index (χ4n) is 3.75. The summed E-state index contributed by atoms with van der Waals surface area (Å²) in [5.74, 6) is 0.838. The summed E-state index contributed by atoms with van der Waals surface area (Å²) in [6.07, 6.45) is 3.63. The molecule has 5 nitrogen and oxygen atoms in total. The Morgan fingerprint density at radius 1 is 0.759 bits per heavy atom. The van der Waals surface area contributed by atoms with Crippen LogP contribution in [0.4, 0.5) is 0 Å². The van der Waals surface area contributed by atoms with Gasteiger partial charge in [-0.1, -0.05) is 30.3 Å². The van der Waals surface area contributed by atoms with Crippen LogP contribution in [0.3, 0.4) is 0 Å². The van der Waals surface area contributed by atoms with Crippen molar-refractivity contribution < 1.29 is 4.74 Å². The third-order valence-corrected chi connectivity index (χ3v) is 5.19. The quantitative estimate of drug-likeness (QED) is 0.437. The minimum atomic E-state index is 0.838. The number of aromatic nitrogens is 4. The topological polar surface area (TPSA) is 44.4 Å². The van der Waals surface area contributed by atoms with E-state index >= 15 is 0 Å². The largest absolute Gasteiger partial charge is 0.497 e. The zero-order chi connectivity index (χ0) is 19.8. The lowest BCUT2D eigenvalue weighted by Crippen LogP contribution is -1.94. The Kier molecular flexibility index (Phi) is 4.13. The maximum atomic E-state index is 5.33. The van der Waals surface area contributed by atoms with Crippen LogP contribution >= 0.6 is 0 Å². The first kappa shape index (κ1) is 17.3. The van der Waals surface area contributed by atoms with Gasteiger partial charge in [-0.2, -0.15) is 5.10 Å². The van der Waals surface area contributed by atoms with E-state index in [-0.39, 0.29) is 0 Å². The van der Waals surface area contributed by atoms with Gasteiger partial charge in [-0.3, -0.25) is 4.98 Å². The Balaban J connectivity index is 1.78. The summed E-state index contributed by atoms with van der Waals surface area (Å²) in [5.41, 5.74) is 7.39. The Morgan fingerprint density at radius 2 is 1.45 bits per heavy atom. The van der Waals surface area contributed by atoms with Crippen LogP contribution < -0.4 is 4.74 Å². The summed E-state index contributed by atoms with van der Waals surface area (Å²) < 4.78 is 9.54. The number of fused-ring (bicyclic) bond motifs is 1. The molecule has 0 aliphatic heterocycles. The summed E-state index contributed by atoms with van der Waals surface area (Å²) in [6, 6.07) is 24.5. The van der Waals surface area contributed by atoms with E-state index in [4.69, 9.17) is 9.84 Å². The first-order chi connectivity index (χ1) is 14.3. The van der Waals surface area contributed by atoms with Gasteiger partial charge in [0.1, 0.15) is 11.4 Å². The second-order valence-corrected chi connectivity index (χ2v) is 6.89. The van der Waals surface area contributed by atoms with Gasteiger partial charge >= 0.3 is 0 Å². The molecule has 0 bridgehead atoms. The van der Waals surface area contributed by atoms with Crippen molar-refractivity contribution in [1.29, 1.82) is 0 Å². The molecule has 0 aliphatic rings. The highest BCUT2D eigenvalue weighted by Gasteiger charge is 2.21. The summed E-state index contributed by atoms with van der Waals surface area (Å²) in [6.45, 7) is 0. The summed E-state index contributed by atoms with van der Waals surface area (Å²) in [4.78, 5) is 4.18. The van der Waals surface area contributed by atoms with Crippen molar-refractivity contribution in [2.24, 2.45) is 7.05 Å². The molecule has 5 heteroatoms. The Hall–Kier alpha value is -3.86. The molecule has 3 heterocycles. The SMILES string of the molecule is COc1ccc(-c2c(-c3ccncc3)n3nc(-c4ccccc4)cc3n2C)cc1. The first-order valence-electron chi connectivity index (χ1n) is 9.45. The van der Waals surface area contributed by atoms with Crippen molar-refractivity contribution in [2.45, 2.75) is 0 Å². The van der Waals surface area contributed by atoms with Gasteiger partial charge in [-0.15, -0.1) is 0 Å². The summed E-state index contributed by atoms with van der Waals surface area (Å²) in [5, 5.41) is 4.95. The monoisotopic (exact) mass is 380 g/mol. The molecular formula is C24H20N4O. The minimum Gasteiger partial charge on any atom is -0.497 e. The molecule has 5 rings (SSSR count). The number of methoxy groups -OCH3 is 1. The Labute approximate surface area is 168 Å². The zero-order valence-corrected chi connectivity index (χ0v) is 16.3. The maximum Gasteiger partial charge on any atom is 0.137 e. The van der Waals surface area contributed by atoms with Crippen molar-refractivity contribution in [3.63, 3.8) is 0 Å². The predicted octanol–water partition coefficient (Wildman–Crippen LogP) is 5.08. The predicted molar refractivity (Wildman–Crippen MR) is 115 cm³/mol. The molecule has 0 saturated heterocycles. The maximum absolute atomic E-state index is 5.33. The Morgan fingerprint density at radius 3 is 2.14 bits per heavy atom. The number of benzene rings is 2. The van der Waals surface area contributed by atoms with Crippen LogP contribution in [0.15, 0.2) is 85.2 Å². The first-order valence-corrected chi connectivity index (χ1v) is 9.45. The molecule has 0 spiro atoms. The van der Waals surface area contributed by atoms with Crippen LogP contribution in [0.2, 0.25) is 0 Å². The standard InChI is InChI=1S/C24H20N4O/c1-27-22-16-21(17-6-4-3-5-7-17)26-28(22)24(19-12-14-25-15-13-19)23(27)18-8-10-20(29-2)11-9-18/h3-16H,1-2H3. The molecule has 0 unspecified atom stereocenters. The van der Waals surface area contributed by atoms with E-state index in [1.165, 1.54) is 0 Å². The van der Waals surface area contributed by atoms with Crippen LogP contribution in [0.1, 0.15) is 0 Å². The molecule has 0 radical (unpaired) electrons. The van der Waals surface area contributed by atoms with Gasteiger partial charge in [0.05, 0.1) is 24.2 Å². The molecule has 0 N–H and O–H groups in total. The van der Waals surface area contributed by atoms with Gasteiger partial charge < -0.3 is 9.30 Å². The van der Waals surface area contributed by atoms with Gasteiger partial charge in [0.25, 0.3) is 0 Å². The average Bonchev–Trinajstić information content (AvgIpc) is 3.33. The number of pyridine rings is 1. The number of imidazole rings is 1. The van der Waals surface area contributed by atoms with E-state index in [0.29, 0.717) is 0 Å². The molecule has 142 valence electrons. The normalized spacial score (nSPS) is 11.1. The number of rotatable bonds is 4. The fourth-order valence-corrected chi connectivity index (χ4v) is 3.75. The molecule has 0 saturated carbocycles. The van der Waals surface area contributed by atoms with E-state index in [2.05, 4.69) is 46.9 Å². The van der Waals surface area contributed by atoms with Gasteiger partial charge in [-0.25, -0.2) is 4.52 Å². The van der Waals surface area contributed by atoms with Gasteiger partial charge in [-0.05, 0) is 36.4 Å². The lowest BCUT2D eigenvalue weighted by Gasteiger charge is -2.09. The van der Waals surface area contributed by atoms with Gasteiger partial charge in [0.15, 0.2) is 0 Å². The van der Waals surface area contributed by atoms with Crippen LogP contribution in [0.25, 0.3) is 39.4 Å². The highest BCUT2D eigenvalue weighted by molar-refractivity contribution is 5.84. The molecule has 0 aliphatic carbocycles. The van der Waals surface area contributed by atoms with Crippen molar-refractivity contribution in [1.82, 2.24) is 19.2 Å². The second-order valence-electron chi connectivity index (χ2n) is 6.89. The lowest BCUT2D eigenvalue weighted by atomic mass is 10.1. The number of nitrogens with zero attached hydrogens (tertiary/aromatic N) is 4. The van der Waals surface area contributed by atoms with Crippen molar-refractivity contribution in [3.8, 4) is 39.5 Å². The number of ether oxygens (including phenoxy) is 1. The molecule has 0 amide bonds. The molecule has 29 heavy (non-hydrogen) atoms. The third-order valence-electron chi connectivity index (χ3n) is 5.19. The molecule has 2 aromatic carbocycles. The van der Waals surface area contributed by atoms with Crippen LogP contribution in [-0.4, -0.2) is 26.3 Å². The van der Waals surface area contributed by atoms with Crippen molar-refractivity contribution in [3.05, 3.63) is 85.2 Å². The molecule has 3 aromatic heterocycles. The molecule has 0 fully saturated rings. The molecular weight excluding hydrogens is 360 g/mol. The van der Waals surface area contributed by atoms with Crippen LogP contribution in [0, 0.1) is 0 Å². The minimum absolute atomic E-state index is 0.838. The van der Waals surface area contributed by atoms with Crippen LogP contribution in [0.5, 0.6) is 5.75 Å². The van der Waals surface area contributed by atoms with E-state index in [0.717, 1.165) is 45.2 Å². The van der Waals surface area contributed by atoms with E-state index in [1.807, 2.05) is 59.4 Å². The highest BCUT2D eigenvalue weighted by Crippen LogP contribution is 2.36. The number of hydrogen-bond acceptors (Lipinski definition) is 3. The van der Waals surface area contributed by atoms with Crippen molar-refractivity contribution >= 4 is 5.65 Å². The smallest absolute Gasteiger partial charge is 0.137 e. The number of hydrogen-bond donors (Lipinski definition) is 0. The molecule has 0 atom stereocenters. The van der Waals surface area contributed by atoms with Crippen molar-refractivity contribution in [2.75, 3.05) is 7.11 Å². The third kappa shape index (κ3) is 2.88.